The van der Waals surface area contributed by atoms with Crippen LogP contribution in [0.3, 0.4) is 0 Å². The largest absolute Gasteiger partial charge is 0.401 e. The van der Waals surface area contributed by atoms with E-state index in [1.807, 2.05) is 0 Å². The summed E-state index contributed by atoms with van der Waals surface area (Å²) in [5.74, 6) is -0.571. The van der Waals surface area contributed by atoms with Crippen LogP contribution in [-0.4, -0.2) is 24.2 Å². The summed E-state index contributed by atoms with van der Waals surface area (Å²) in [5.41, 5.74) is 5.88. The van der Waals surface area contributed by atoms with Crippen LogP contribution in [0.1, 0.15) is 18.9 Å². The van der Waals surface area contributed by atoms with E-state index in [-0.39, 0.29) is 24.3 Å². The third kappa shape index (κ3) is 4.52. The number of benzene rings is 1. The van der Waals surface area contributed by atoms with Gasteiger partial charge in [0, 0.05) is 17.8 Å². The average molecular weight is 264 g/mol. The van der Waals surface area contributed by atoms with Crippen molar-refractivity contribution in [1.82, 2.24) is 4.90 Å². The first kappa shape index (κ1) is 14.8. The number of alkyl halides is 3. The van der Waals surface area contributed by atoms with Crippen LogP contribution in [0.15, 0.2) is 18.2 Å². The van der Waals surface area contributed by atoms with E-state index < -0.39 is 18.5 Å². The normalized spacial score (nSPS) is 12.1. The van der Waals surface area contributed by atoms with E-state index in [1.165, 1.54) is 18.2 Å². The molecule has 0 aliphatic heterocycles. The Kier molecular flexibility index (Phi) is 4.95. The molecule has 0 fully saturated rings. The maximum absolute atomic E-state index is 13.5. The highest BCUT2D eigenvalue weighted by Gasteiger charge is 2.30. The fourth-order valence-electron chi connectivity index (χ4n) is 1.75. The molecule has 102 valence electrons. The van der Waals surface area contributed by atoms with Gasteiger partial charge in [0.2, 0.25) is 0 Å². The van der Waals surface area contributed by atoms with Gasteiger partial charge in [-0.1, -0.05) is 13.0 Å². The Morgan fingerprint density at radius 3 is 2.44 bits per heavy atom. The third-order valence-electron chi connectivity index (χ3n) is 2.48. The quantitative estimate of drug-likeness (QED) is 0.653. The molecule has 0 spiro atoms. The van der Waals surface area contributed by atoms with Gasteiger partial charge < -0.3 is 5.73 Å². The van der Waals surface area contributed by atoms with Crippen LogP contribution >= 0.6 is 0 Å². The zero-order chi connectivity index (χ0) is 13.8. The highest BCUT2D eigenvalue weighted by atomic mass is 19.4. The Bertz CT molecular complexity index is 370. The highest BCUT2D eigenvalue weighted by Crippen LogP contribution is 2.22. The van der Waals surface area contributed by atoms with Crippen LogP contribution in [0.25, 0.3) is 0 Å². The minimum absolute atomic E-state index is 0.121. The summed E-state index contributed by atoms with van der Waals surface area (Å²) in [6.07, 6.45) is -3.74. The van der Waals surface area contributed by atoms with Crippen LogP contribution in [0.5, 0.6) is 0 Å². The highest BCUT2D eigenvalue weighted by molar-refractivity contribution is 5.47. The molecule has 0 amide bonds. The molecule has 0 aliphatic rings. The van der Waals surface area contributed by atoms with Crippen LogP contribution in [0.4, 0.5) is 23.2 Å². The topological polar surface area (TPSA) is 29.3 Å². The molecule has 2 N–H and O–H groups in total. The molecule has 0 bridgehead atoms. The Hall–Kier alpha value is -1.30. The molecule has 0 saturated heterocycles. The smallest absolute Gasteiger partial charge is 0.398 e. The maximum Gasteiger partial charge on any atom is 0.401 e. The lowest BCUT2D eigenvalue weighted by Crippen LogP contribution is -2.34. The lowest BCUT2D eigenvalue weighted by molar-refractivity contribution is -0.147. The summed E-state index contributed by atoms with van der Waals surface area (Å²) >= 11 is 0. The monoisotopic (exact) mass is 264 g/mol. The van der Waals surface area contributed by atoms with Gasteiger partial charge in [-0.05, 0) is 25.1 Å². The van der Waals surface area contributed by atoms with Gasteiger partial charge in [-0.15, -0.1) is 0 Å². The molecule has 0 saturated carbocycles. The summed E-state index contributed by atoms with van der Waals surface area (Å²) in [6, 6.07) is 4.11. The van der Waals surface area contributed by atoms with E-state index in [2.05, 4.69) is 0 Å². The van der Waals surface area contributed by atoms with E-state index in [0.29, 0.717) is 6.42 Å². The molecule has 0 unspecified atom stereocenters. The number of nitrogens with two attached hydrogens (primary N) is 1. The summed E-state index contributed by atoms with van der Waals surface area (Å²) in [5, 5.41) is 0. The number of anilines is 1. The van der Waals surface area contributed by atoms with Crippen molar-refractivity contribution in [3.63, 3.8) is 0 Å². The van der Waals surface area contributed by atoms with Crippen molar-refractivity contribution in [2.45, 2.75) is 26.1 Å². The van der Waals surface area contributed by atoms with Gasteiger partial charge in [0.05, 0.1) is 6.54 Å². The molecule has 0 atom stereocenters. The second kappa shape index (κ2) is 6.04. The van der Waals surface area contributed by atoms with Crippen LogP contribution < -0.4 is 5.73 Å². The number of nitrogen functional groups attached to an aromatic ring is 1. The summed E-state index contributed by atoms with van der Waals surface area (Å²) < 4.78 is 50.6. The van der Waals surface area contributed by atoms with Crippen molar-refractivity contribution in [3.8, 4) is 0 Å². The molecule has 0 aliphatic carbocycles. The molecule has 18 heavy (non-hydrogen) atoms. The van der Waals surface area contributed by atoms with Gasteiger partial charge in [-0.3, -0.25) is 4.90 Å². The van der Waals surface area contributed by atoms with Crippen molar-refractivity contribution in [3.05, 3.63) is 29.6 Å². The van der Waals surface area contributed by atoms with Crippen molar-refractivity contribution in [1.29, 1.82) is 0 Å². The van der Waals surface area contributed by atoms with Gasteiger partial charge in [0.15, 0.2) is 0 Å². The lowest BCUT2D eigenvalue weighted by atomic mass is 10.1. The SMILES string of the molecule is CCCN(Cc1c(N)cccc1F)CC(F)(F)F. The Balaban J connectivity index is 2.83. The Morgan fingerprint density at radius 1 is 1.28 bits per heavy atom. The molecular weight excluding hydrogens is 248 g/mol. The Labute approximate surface area is 103 Å². The summed E-state index contributed by atoms with van der Waals surface area (Å²) in [7, 11) is 0. The van der Waals surface area contributed by atoms with Gasteiger partial charge in [-0.25, -0.2) is 4.39 Å². The molecule has 1 aromatic carbocycles. The first-order chi connectivity index (χ1) is 8.33. The average Bonchev–Trinajstić information content (AvgIpc) is 2.21. The summed E-state index contributed by atoms with van der Waals surface area (Å²) in [4.78, 5) is 1.15. The molecule has 0 aromatic heterocycles. The molecule has 1 rings (SSSR count). The maximum atomic E-state index is 13.5. The Morgan fingerprint density at radius 2 is 1.94 bits per heavy atom. The summed E-state index contributed by atoms with van der Waals surface area (Å²) in [6.45, 7) is 0.821. The zero-order valence-corrected chi connectivity index (χ0v) is 10.1. The van der Waals surface area contributed by atoms with Crippen LogP contribution in [0, 0.1) is 5.82 Å². The lowest BCUT2D eigenvalue weighted by Gasteiger charge is -2.23. The molecular formula is C12H16F4N2. The second-order valence-electron chi connectivity index (χ2n) is 4.13. The number of nitrogens with zero attached hydrogens (tertiary/aromatic N) is 1. The standard InChI is InChI=1S/C12H16F4N2/c1-2-6-18(8-12(14,15)16)7-9-10(13)4-3-5-11(9)17/h3-5H,2,6-8,17H2,1H3. The van der Waals surface area contributed by atoms with E-state index in [9.17, 15) is 17.6 Å². The van der Waals surface area contributed by atoms with Crippen molar-refractivity contribution >= 4 is 5.69 Å². The fraction of sp³-hybridized carbons (Fsp3) is 0.500. The van der Waals surface area contributed by atoms with Crippen molar-refractivity contribution < 1.29 is 17.6 Å². The number of rotatable bonds is 5. The van der Waals surface area contributed by atoms with Gasteiger partial charge in [0.1, 0.15) is 5.82 Å². The van der Waals surface area contributed by atoms with Crippen molar-refractivity contribution in [2.75, 3.05) is 18.8 Å². The first-order valence-electron chi connectivity index (χ1n) is 5.65. The molecule has 0 radical (unpaired) electrons. The minimum atomic E-state index is -4.30. The van der Waals surface area contributed by atoms with E-state index in [4.69, 9.17) is 5.73 Å². The third-order valence-corrected chi connectivity index (χ3v) is 2.48. The van der Waals surface area contributed by atoms with E-state index in [1.54, 1.807) is 6.92 Å². The van der Waals surface area contributed by atoms with Crippen molar-refractivity contribution in [2.24, 2.45) is 0 Å². The first-order valence-corrected chi connectivity index (χ1v) is 5.65. The molecule has 2 nitrogen and oxygen atoms in total. The molecule has 6 heteroatoms. The van der Waals surface area contributed by atoms with Crippen LogP contribution in [-0.2, 0) is 6.54 Å². The molecule has 1 aromatic rings. The second-order valence-corrected chi connectivity index (χ2v) is 4.13. The number of halogens is 4. The van der Waals surface area contributed by atoms with Gasteiger partial charge in [0.25, 0.3) is 0 Å². The van der Waals surface area contributed by atoms with Crippen LogP contribution in [0.2, 0.25) is 0 Å². The fourth-order valence-corrected chi connectivity index (χ4v) is 1.75. The van der Waals surface area contributed by atoms with Gasteiger partial charge >= 0.3 is 6.18 Å². The van der Waals surface area contributed by atoms with E-state index >= 15 is 0 Å². The number of hydrogen-bond donors (Lipinski definition) is 1. The predicted molar refractivity (Wildman–Crippen MR) is 62.4 cm³/mol. The minimum Gasteiger partial charge on any atom is -0.398 e. The zero-order valence-electron chi connectivity index (χ0n) is 10.1. The molecule has 0 heterocycles. The van der Waals surface area contributed by atoms with E-state index in [0.717, 1.165) is 4.90 Å². The van der Waals surface area contributed by atoms with Gasteiger partial charge in [-0.2, -0.15) is 13.2 Å². The predicted octanol–water partition coefficient (Wildman–Crippen LogP) is 3.18. The number of hydrogen-bond acceptors (Lipinski definition) is 2.